The van der Waals surface area contributed by atoms with Gasteiger partial charge in [0.2, 0.25) is 0 Å². The third kappa shape index (κ3) is 6.22. The van der Waals surface area contributed by atoms with Gasteiger partial charge in [-0.05, 0) is 60.3 Å². The van der Waals surface area contributed by atoms with Crippen LogP contribution in [0.25, 0.3) is 0 Å². The molecule has 0 aromatic carbocycles. The molecule has 124 valence electrons. The van der Waals surface area contributed by atoms with Crippen LogP contribution < -0.4 is 5.32 Å². The predicted octanol–water partition coefficient (Wildman–Crippen LogP) is 2.53. The van der Waals surface area contributed by atoms with Crippen molar-refractivity contribution < 1.29 is 14.6 Å². The third-order valence-corrected chi connectivity index (χ3v) is 3.80. The number of ether oxygens (including phenoxy) is 1. The maximum Gasteiger partial charge on any atom is 0.410 e. The van der Waals surface area contributed by atoms with Crippen LogP contribution in [0.2, 0.25) is 0 Å². The number of aliphatic hydroxyl groups excluding tert-OH is 1. The van der Waals surface area contributed by atoms with Crippen LogP contribution >= 0.6 is 0 Å². The van der Waals surface area contributed by atoms with Crippen molar-refractivity contribution in [1.82, 2.24) is 10.2 Å². The molecule has 5 heteroatoms. The smallest absolute Gasteiger partial charge is 0.410 e. The summed E-state index contributed by atoms with van der Waals surface area (Å²) >= 11 is 0. The lowest BCUT2D eigenvalue weighted by Crippen LogP contribution is -2.50. The van der Waals surface area contributed by atoms with Crippen LogP contribution in [0.1, 0.15) is 60.3 Å². The van der Waals surface area contributed by atoms with E-state index in [2.05, 4.69) is 5.32 Å². The largest absolute Gasteiger partial charge is 0.444 e. The molecule has 0 aromatic rings. The van der Waals surface area contributed by atoms with Crippen LogP contribution in [0.15, 0.2) is 0 Å². The maximum atomic E-state index is 12.4. The Labute approximate surface area is 129 Å². The molecule has 0 saturated heterocycles. The highest BCUT2D eigenvalue weighted by molar-refractivity contribution is 5.69. The van der Waals surface area contributed by atoms with E-state index in [9.17, 15) is 4.79 Å². The first-order valence-electron chi connectivity index (χ1n) is 8.10. The van der Waals surface area contributed by atoms with Gasteiger partial charge in [0.05, 0.1) is 6.61 Å². The van der Waals surface area contributed by atoms with Crippen molar-refractivity contribution in [3.8, 4) is 0 Å². The maximum absolute atomic E-state index is 12.4. The number of rotatable bonds is 5. The van der Waals surface area contributed by atoms with E-state index in [-0.39, 0.29) is 24.8 Å². The van der Waals surface area contributed by atoms with Crippen molar-refractivity contribution >= 4 is 6.09 Å². The van der Waals surface area contributed by atoms with Crippen molar-refractivity contribution in [2.24, 2.45) is 0 Å². The first kappa shape index (κ1) is 18.2. The van der Waals surface area contributed by atoms with E-state index in [0.717, 1.165) is 25.7 Å². The molecule has 0 aromatic heterocycles. The van der Waals surface area contributed by atoms with Crippen molar-refractivity contribution in [1.29, 1.82) is 0 Å². The Kier molecular flexibility index (Phi) is 6.94. The van der Waals surface area contributed by atoms with Crippen LogP contribution in [0, 0.1) is 0 Å². The number of hydrogen-bond donors (Lipinski definition) is 2. The number of carbonyl (C=O) groups is 1. The van der Waals surface area contributed by atoms with E-state index in [1.54, 1.807) is 0 Å². The summed E-state index contributed by atoms with van der Waals surface area (Å²) in [6, 6.07) is 0.861. The Morgan fingerprint density at radius 2 is 1.86 bits per heavy atom. The molecule has 1 saturated carbocycles. The van der Waals surface area contributed by atoms with E-state index in [1.807, 2.05) is 39.5 Å². The molecule has 2 N–H and O–H groups in total. The zero-order valence-electron chi connectivity index (χ0n) is 14.2. The van der Waals surface area contributed by atoms with E-state index in [1.165, 1.54) is 0 Å². The van der Waals surface area contributed by atoms with Crippen LogP contribution in [0.4, 0.5) is 4.79 Å². The molecule has 0 bridgehead atoms. The molecule has 1 aliphatic carbocycles. The van der Waals surface area contributed by atoms with Crippen LogP contribution in [-0.2, 0) is 4.74 Å². The lowest BCUT2D eigenvalue weighted by molar-refractivity contribution is 0.00298. The summed E-state index contributed by atoms with van der Waals surface area (Å²) in [7, 11) is 0. The SMILES string of the molecule is CC(C)N(C(=O)OC(C)(C)C)C1CCC(NCCO)CC1. The molecule has 0 unspecified atom stereocenters. The summed E-state index contributed by atoms with van der Waals surface area (Å²) in [5.41, 5.74) is -0.454. The monoisotopic (exact) mass is 300 g/mol. The van der Waals surface area contributed by atoms with Gasteiger partial charge < -0.3 is 20.1 Å². The van der Waals surface area contributed by atoms with Crippen LogP contribution in [0.5, 0.6) is 0 Å². The van der Waals surface area contributed by atoms with Crippen molar-refractivity contribution in [2.45, 2.75) is 84.0 Å². The van der Waals surface area contributed by atoms with Gasteiger partial charge in [-0.15, -0.1) is 0 Å². The minimum atomic E-state index is -0.454. The average molecular weight is 300 g/mol. The number of nitrogens with zero attached hydrogens (tertiary/aromatic N) is 1. The highest BCUT2D eigenvalue weighted by Gasteiger charge is 2.33. The van der Waals surface area contributed by atoms with E-state index in [4.69, 9.17) is 9.84 Å². The van der Waals surface area contributed by atoms with Gasteiger partial charge in [0, 0.05) is 24.7 Å². The molecule has 0 atom stereocenters. The second-order valence-corrected chi connectivity index (χ2v) is 7.16. The third-order valence-electron chi connectivity index (χ3n) is 3.80. The molecule has 0 radical (unpaired) electrons. The average Bonchev–Trinajstić information content (AvgIpc) is 2.35. The zero-order chi connectivity index (χ0) is 16.0. The van der Waals surface area contributed by atoms with Crippen molar-refractivity contribution in [2.75, 3.05) is 13.2 Å². The minimum absolute atomic E-state index is 0.145. The Morgan fingerprint density at radius 1 is 1.29 bits per heavy atom. The molecular formula is C16H32N2O3. The van der Waals surface area contributed by atoms with Gasteiger partial charge in [-0.2, -0.15) is 0 Å². The molecule has 5 nitrogen and oxygen atoms in total. The first-order valence-corrected chi connectivity index (χ1v) is 8.10. The van der Waals surface area contributed by atoms with Crippen LogP contribution in [0.3, 0.4) is 0 Å². The van der Waals surface area contributed by atoms with Gasteiger partial charge in [-0.25, -0.2) is 4.79 Å². The minimum Gasteiger partial charge on any atom is -0.444 e. The Bertz CT molecular complexity index is 318. The molecule has 1 rings (SSSR count). The van der Waals surface area contributed by atoms with E-state index < -0.39 is 5.60 Å². The van der Waals surface area contributed by atoms with Gasteiger partial charge in [-0.1, -0.05) is 0 Å². The Morgan fingerprint density at radius 3 is 2.29 bits per heavy atom. The zero-order valence-corrected chi connectivity index (χ0v) is 14.2. The molecule has 21 heavy (non-hydrogen) atoms. The predicted molar refractivity (Wildman–Crippen MR) is 84.3 cm³/mol. The number of amides is 1. The van der Waals surface area contributed by atoms with Crippen molar-refractivity contribution in [3.63, 3.8) is 0 Å². The molecule has 1 amide bonds. The highest BCUT2D eigenvalue weighted by atomic mass is 16.6. The summed E-state index contributed by atoms with van der Waals surface area (Å²) in [6.07, 6.45) is 3.85. The molecular weight excluding hydrogens is 268 g/mol. The molecule has 1 aliphatic rings. The second kappa shape index (κ2) is 7.99. The number of carbonyl (C=O) groups excluding carboxylic acids is 1. The Balaban J connectivity index is 2.57. The number of nitrogens with one attached hydrogen (secondary N) is 1. The number of aliphatic hydroxyl groups is 1. The fourth-order valence-electron chi connectivity index (χ4n) is 2.92. The molecule has 1 fully saturated rings. The fraction of sp³-hybridized carbons (Fsp3) is 0.938. The number of hydrogen-bond acceptors (Lipinski definition) is 4. The summed E-state index contributed by atoms with van der Waals surface area (Å²) in [5.74, 6) is 0. The Hall–Kier alpha value is -0.810. The summed E-state index contributed by atoms with van der Waals surface area (Å²) < 4.78 is 5.54. The summed E-state index contributed by atoms with van der Waals surface area (Å²) in [4.78, 5) is 14.3. The summed E-state index contributed by atoms with van der Waals surface area (Å²) in [5, 5.41) is 12.2. The van der Waals surface area contributed by atoms with Gasteiger partial charge in [0.1, 0.15) is 5.60 Å². The molecule has 0 aliphatic heterocycles. The fourth-order valence-corrected chi connectivity index (χ4v) is 2.92. The highest BCUT2D eigenvalue weighted by Crippen LogP contribution is 2.26. The van der Waals surface area contributed by atoms with Crippen molar-refractivity contribution in [3.05, 3.63) is 0 Å². The lowest BCUT2D eigenvalue weighted by atomic mass is 9.89. The second-order valence-electron chi connectivity index (χ2n) is 7.16. The van der Waals surface area contributed by atoms with Crippen LogP contribution in [-0.4, -0.2) is 53.0 Å². The molecule has 0 heterocycles. The normalized spacial score (nSPS) is 23.2. The lowest BCUT2D eigenvalue weighted by Gasteiger charge is -2.40. The summed E-state index contributed by atoms with van der Waals surface area (Å²) in [6.45, 7) is 10.6. The van der Waals surface area contributed by atoms with Gasteiger partial charge in [0.15, 0.2) is 0 Å². The standard InChI is InChI=1S/C16H32N2O3/c1-12(2)18(15(20)21-16(3,4)5)14-8-6-13(7-9-14)17-10-11-19/h12-14,17,19H,6-11H2,1-5H3. The van der Waals surface area contributed by atoms with Gasteiger partial charge in [-0.3, -0.25) is 0 Å². The molecule has 0 spiro atoms. The quantitative estimate of drug-likeness (QED) is 0.819. The van der Waals surface area contributed by atoms with E-state index >= 15 is 0 Å². The van der Waals surface area contributed by atoms with Gasteiger partial charge >= 0.3 is 6.09 Å². The topological polar surface area (TPSA) is 61.8 Å². The van der Waals surface area contributed by atoms with E-state index in [0.29, 0.717) is 12.6 Å². The first-order chi connectivity index (χ1) is 9.74. The van der Waals surface area contributed by atoms with Gasteiger partial charge in [0.25, 0.3) is 0 Å².